The predicted octanol–water partition coefficient (Wildman–Crippen LogP) is 4.45. The Morgan fingerprint density at radius 1 is 0.792 bits per heavy atom. The summed E-state index contributed by atoms with van der Waals surface area (Å²) >= 11 is 0.751. The SMILES string of the molecule is CCCCCCCCCCCCCCC[C](=O)[Na].CNCC(=O)O. The first-order valence-electron chi connectivity index (χ1n) is 9.90. The largest absolute Gasteiger partial charge is 0.480 e. The molecule has 0 atom stereocenters. The van der Waals surface area contributed by atoms with Crippen molar-refractivity contribution in [2.75, 3.05) is 13.6 Å². The topological polar surface area (TPSA) is 66.4 Å². The van der Waals surface area contributed by atoms with Gasteiger partial charge in [0.05, 0.1) is 6.54 Å². The number of carboxylic acids is 1. The molecule has 5 heteroatoms. The molecule has 0 aliphatic heterocycles. The predicted molar refractivity (Wildman–Crippen MR) is 103 cm³/mol. The number of hydrogen-bond acceptors (Lipinski definition) is 3. The maximum Gasteiger partial charge on any atom is 0.317 e. The van der Waals surface area contributed by atoms with Gasteiger partial charge in [-0.1, -0.05) is 26.2 Å². The second kappa shape index (κ2) is 23.1. The van der Waals surface area contributed by atoms with Crippen molar-refractivity contribution < 1.29 is 14.7 Å². The zero-order valence-corrected chi connectivity index (χ0v) is 18.4. The molecule has 0 bridgehead atoms. The van der Waals surface area contributed by atoms with E-state index in [1.165, 1.54) is 77.0 Å². The smallest absolute Gasteiger partial charge is 0.317 e. The van der Waals surface area contributed by atoms with E-state index in [4.69, 9.17) is 5.11 Å². The molecular weight excluding hydrogens is 313 g/mol. The van der Waals surface area contributed by atoms with Crippen molar-refractivity contribution in [2.24, 2.45) is 0 Å². The number of nitrogens with one attached hydrogen (secondary N) is 1. The number of aliphatic carboxylic acids is 1. The summed E-state index contributed by atoms with van der Waals surface area (Å²) in [6.45, 7) is 2.32. The zero-order chi connectivity index (χ0) is 18.5. The maximum absolute atomic E-state index is 10.8. The molecule has 0 aromatic carbocycles. The Hall–Kier alpha value is 0.1000. The van der Waals surface area contributed by atoms with Gasteiger partial charge in [0.1, 0.15) is 0 Å². The van der Waals surface area contributed by atoms with Gasteiger partial charge in [0, 0.05) is 0 Å². The van der Waals surface area contributed by atoms with Gasteiger partial charge in [0.2, 0.25) is 0 Å². The fourth-order valence-electron chi connectivity index (χ4n) is 2.54. The van der Waals surface area contributed by atoms with E-state index < -0.39 is 5.97 Å². The number of likely N-dealkylation sites (N-methyl/N-ethyl adjacent to an activating group) is 1. The van der Waals surface area contributed by atoms with Crippen molar-refractivity contribution in [3.63, 3.8) is 0 Å². The van der Waals surface area contributed by atoms with E-state index in [1.807, 2.05) is 0 Å². The Balaban J connectivity index is 0. The van der Waals surface area contributed by atoms with Gasteiger partial charge in [-0.15, -0.1) is 0 Å². The zero-order valence-electron chi connectivity index (χ0n) is 16.4. The molecule has 0 aliphatic rings. The summed E-state index contributed by atoms with van der Waals surface area (Å²) in [5, 5.41) is 10.3. The first-order valence-corrected chi connectivity index (χ1v) is 10.9. The fourth-order valence-corrected chi connectivity index (χ4v) is 2.90. The fraction of sp³-hybridized carbons (Fsp3) is 0.895. The minimum Gasteiger partial charge on any atom is -0.480 e. The third-order valence-electron chi connectivity index (χ3n) is 3.96. The molecule has 0 saturated carbocycles. The Labute approximate surface area is 167 Å². The first kappa shape index (κ1) is 26.3. The molecular formula is C19H38NNaO3. The summed E-state index contributed by atoms with van der Waals surface area (Å²) < 4.78 is 0.484. The average Bonchev–Trinajstić information content (AvgIpc) is 2.52. The first-order chi connectivity index (χ1) is 11.5. The molecule has 0 aromatic heterocycles. The maximum atomic E-state index is 10.8. The van der Waals surface area contributed by atoms with E-state index in [-0.39, 0.29) is 6.54 Å². The Kier molecular flexibility index (Phi) is 25.3. The number of carboxylic acid groups (broad SMARTS) is 1. The number of hydrogen-bond donors (Lipinski definition) is 2. The van der Waals surface area contributed by atoms with Crippen LogP contribution in [0, 0.1) is 0 Å². The molecule has 0 unspecified atom stereocenters. The molecule has 0 heterocycles. The second-order valence-electron chi connectivity index (χ2n) is 6.62. The molecule has 0 spiro atoms. The van der Waals surface area contributed by atoms with Gasteiger partial charge in [-0.05, 0) is 7.05 Å². The molecule has 0 amide bonds. The van der Waals surface area contributed by atoms with Gasteiger partial charge in [-0.3, -0.25) is 4.79 Å². The molecule has 0 aromatic rings. The van der Waals surface area contributed by atoms with Crippen LogP contribution in [0.1, 0.15) is 96.8 Å². The number of carbonyl (C=O) groups is 2. The Morgan fingerprint density at radius 2 is 1.17 bits per heavy atom. The number of carbonyl (C=O) groups excluding carboxylic acids is 1. The van der Waals surface area contributed by atoms with Crippen molar-refractivity contribution in [3.05, 3.63) is 0 Å². The van der Waals surface area contributed by atoms with Crippen LogP contribution in [0.25, 0.3) is 0 Å². The van der Waals surface area contributed by atoms with E-state index in [9.17, 15) is 9.59 Å². The third-order valence-corrected chi connectivity index (χ3v) is 4.46. The van der Waals surface area contributed by atoms with E-state index in [0.717, 1.165) is 40.8 Å². The van der Waals surface area contributed by atoms with Crippen molar-refractivity contribution in [2.45, 2.75) is 96.8 Å². The quantitative estimate of drug-likeness (QED) is 0.318. The average molecular weight is 352 g/mol. The number of unbranched alkanes of at least 4 members (excludes halogenated alkanes) is 12. The minimum atomic E-state index is -0.822. The summed E-state index contributed by atoms with van der Waals surface area (Å²) in [6.07, 6.45) is 18.8. The van der Waals surface area contributed by atoms with Crippen LogP contribution in [0.3, 0.4) is 0 Å². The summed E-state index contributed by atoms with van der Waals surface area (Å²) in [7, 11) is 1.59. The van der Waals surface area contributed by atoms with E-state index >= 15 is 0 Å². The van der Waals surface area contributed by atoms with Crippen molar-refractivity contribution >= 4 is 36.9 Å². The minimum absolute atomic E-state index is 0.0417. The van der Waals surface area contributed by atoms with E-state index in [1.54, 1.807) is 7.05 Å². The van der Waals surface area contributed by atoms with Crippen molar-refractivity contribution in [1.29, 1.82) is 0 Å². The van der Waals surface area contributed by atoms with Crippen LogP contribution in [-0.2, 0) is 9.59 Å². The van der Waals surface area contributed by atoms with E-state index in [0.29, 0.717) is 3.03 Å². The van der Waals surface area contributed by atoms with Crippen LogP contribution < -0.4 is 5.32 Å². The van der Waals surface area contributed by atoms with Gasteiger partial charge < -0.3 is 10.4 Å². The normalized spacial score (nSPS) is 10.2. The third kappa shape index (κ3) is 30.0. The standard InChI is InChI=1S/C16H31O.C3H7NO2.Na/c1-2-3-4-5-6-7-8-9-10-11-12-13-14-15-16-17;1-4-2-3(5)6;/h2-15H2,1H3;4H,2H2,1H3,(H,5,6);. The Morgan fingerprint density at radius 3 is 1.42 bits per heavy atom. The summed E-state index contributed by atoms with van der Waals surface area (Å²) in [5.41, 5.74) is 0. The molecule has 0 saturated heterocycles. The van der Waals surface area contributed by atoms with Gasteiger partial charge in [0.25, 0.3) is 0 Å². The van der Waals surface area contributed by atoms with Gasteiger partial charge in [0.15, 0.2) is 0 Å². The Bertz CT molecular complexity index is 286. The molecule has 0 rings (SSSR count). The number of rotatable bonds is 16. The summed E-state index contributed by atoms with van der Waals surface area (Å²) in [4.78, 5) is 20.3. The molecule has 4 nitrogen and oxygen atoms in total. The van der Waals surface area contributed by atoms with Crippen molar-refractivity contribution in [1.82, 2.24) is 5.32 Å². The van der Waals surface area contributed by atoms with Crippen molar-refractivity contribution in [3.8, 4) is 0 Å². The van der Waals surface area contributed by atoms with Gasteiger partial charge in [-0.25, -0.2) is 0 Å². The van der Waals surface area contributed by atoms with Crippen LogP contribution in [-0.4, -0.2) is 55.6 Å². The molecule has 2 N–H and O–H groups in total. The molecule has 0 fully saturated rings. The van der Waals surface area contributed by atoms with Crippen LogP contribution in [0.2, 0.25) is 0 Å². The molecule has 0 radical (unpaired) electrons. The summed E-state index contributed by atoms with van der Waals surface area (Å²) in [6, 6.07) is 0. The van der Waals surface area contributed by atoms with Gasteiger partial charge >= 0.3 is 112 Å². The molecule has 138 valence electrons. The van der Waals surface area contributed by atoms with Gasteiger partial charge in [-0.2, -0.15) is 0 Å². The van der Waals surface area contributed by atoms with Crippen LogP contribution in [0.15, 0.2) is 0 Å². The second-order valence-corrected chi connectivity index (χ2v) is 7.73. The monoisotopic (exact) mass is 351 g/mol. The summed E-state index contributed by atoms with van der Waals surface area (Å²) in [5.74, 6) is -0.822. The van der Waals surface area contributed by atoms with Crippen LogP contribution in [0.5, 0.6) is 0 Å². The van der Waals surface area contributed by atoms with E-state index in [2.05, 4.69) is 12.2 Å². The molecule has 0 aliphatic carbocycles. The van der Waals surface area contributed by atoms with Crippen LogP contribution >= 0.6 is 0 Å². The van der Waals surface area contributed by atoms with Crippen LogP contribution in [0.4, 0.5) is 0 Å². The molecule has 24 heavy (non-hydrogen) atoms.